The van der Waals surface area contributed by atoms with Gasteiger partial charge in [-0.2, -0.15) is 0 Å². The Morgan fingerprint density at radius 3 is 1.27 bits per heavy atom. The molecule has 0 N–H and O–H groups in total. The molecular weight excluding hydrogens is 777 g/mol. The molecule has 0 atom stereocenters. The van der Waals surface area contributed by atoms with Gasteiger partial charge in [0.15, 0.2) is 27.6 Å². The standard InChI is InChI=1S/C17H22NP.C12H6F4.CHCl3.BF4.Rh/c1-18(2)14-9-15-19(16-10-5-3-6-11-16)17-12-7-4-8-13-17;13-9-7-5-1-2-6(4-3-5)8(7)10(14)12(16)11(9)15;2-1(3)4;2-1(3,4)5;/h3-8,10-13H,9,14-15H2,1-2H3;1-6H;1H;;/q;;;-1;+2/p+1. The third-order valence-corrected chi connectivity index (χ3v) is 9.25. The zero-order valence-electron chi connectivity index (χ0n) is 24.0. The van der Waals surface area contributed by atoms with Crippen molar-refractivity contribution in [2.75, 3.05) is 26.8 Å². The maximum Gasteiger partial charge on any atom is 2.00 e. The van der Waals surface area contributed by atoms with Crippen LogP contribution in [0.15, 0.2) is 85.0 Å². The number of hydrogen-bond donors (Lipinski definition) is 0. The molecule has 2 bridgehead atoms. The Labute approximate surface area is 287 Å². The van der Waals surface area contributed by atoms with Gasteiger partial charge in [-0.25, -0.2) is 17.6 Å². The van der Waals surface area contributed by atoms with Gasteiger partial charge in [-0.15, -0.1) is 0 Å². The summed E-state index contributed by atoms with van der Waals surface area (Å²) in [6.07, 6.45) is 9.21. The van der Waals surface area contributed by atoms with E-state index in [1.807, 2.05) is 0 Å². The fourth-order valence-corrected chi connectivity index (χ4v) is 7.23. The molecule has 0 fully saturated rings. The first kappa shape index (κ1) is 41.6. The van der Waals surface area contributed by atoms with E-state index in [1.54, 1.807) is 24.3 Å². The number of hydrogen-bond acceptors (Lipinski definition) is 1. The Bertz CT molecular complexity index is 1270. The van der Waals surface area contributed by atoms with Gasteiger partial charge in [0.25, 0.3) is 0 Å². The van der Waals surface area contributed by atoms with Crippen molar-refractivity contribution >= 4 is 60.6 Å². The van der Waals surface area contributed by atoms with Gasteiger partial charge in [0, 0.05) is 29.5 Å². The van der Waals surface area contributed by atoms with Crippen LogP contribution in [0.4, 0.5) is 34.8 Å². The minimum atomic E-state index is -6.00. The summed E-state index contributed by atoms with van der Waals surface area (Å²) >= 11 is 14.4. The molecule has 3 aromatic carbocycles. The number of nitrogens with zero attached hydrogens (tertiary/aromatic N) is 1. The van der Waals surface area contributed by atoms with Crippen LogP contribution in [0.1, 0.15) is 29.4 Å². The molecular formula is C30H30BCl3F8NPRh+2. The average molecular weight is 808 g/mol. The van der Waals surface area contributed by atoms with Gasteiger partial charge in [-0.3, -0.25) is 0 Å². The van der Waals surface area contributed by atoms with E-state index in [-0.39, 0.29) is 30.6 Å². The Kier molecular flexibility index (Phi) is 18.5. The second kappa shape index (κ2) is 20.0. The largest absolute Gasteiger partial charge is 2.00 e. The van der Waals surface area contributed by atoms with Gasteiger partial charge in [-0.05, 0) is 44.8 Å². The maximum atomic E-state index is 13.5. The third kappa shape index (κ3) is 14.0. The predicted molar refractivity (Wildman–Crippen MR) is 170 cm³/mol. The van der Waals surface area contributed by atoms with Crippen LogP contribution in [0, 0.1) is 23.3 Å². The van der Waals surface area contributed by atoms with Crippen molar-refractivity contribution in [2.24, 2.45) is 0 Å². The van der Waals surface area contributed by atoms with Crippen LogP contribution in [0.2, 0.25) is 0 Å². The SMILES string of the molecule is CN(C)CCC[PH+](c1ccccc1)c1ccccc1.ClC(Cl)Cl.F[B-](F)(F)F.Fc1c(F)c(F)c2c(c1F)C1C=CC2C=C1.[Rh+2]. The van der Waals surface area contributed by atoms with E-state index in [0.717, 1.165) is 0 Å². The van der Waals surface area contributed by atoms with E-state index >= 15 is 0 Å². The summed E-state index contributed by atoms with van der Waals surface area (Å²) in [6.45, 7) is 1.17. The molecule has 3 aliphatic carbocycles. The first-order chi connectivity index (χ1) is 20.6. The fraction of sp³-hybridized carbons (Fsp3) is 0.267. The summed E-state index contributed by atoms with van der Waals surface area (Å²) < 4.78 is 91.4. The van der Waals surface area contributed by atoms with E-state index in [0.29, 0.717) is 0 Å². The average Bonchev–Trinajstić information content (AvgIpc) is 2.97. The Morgan fingerprint density at radius 2 is 0.978 bits per heavy atom. The molecule has 0 spiro atoms. The fourth-order valence-electron chi connectivity index (χ4n) is 4.62. The molecule has 3 aliphatic rings. The van der Waals surface area contributed by atoms with Gasteiger partial charge < -0.3 is 22.2 Å². The van der Waals surface area contributed by atoms with E-state index in [2.05, 4.69) is 79.7 Å². The Hall–Kier alpha value is -1.47. The predicted octanol–water partition coefficient (Wildman–Crippen LogP) is 9.64. The van der Waals surface area contributed by atoms with Crippen molar-refractivity contribution in [3.8, 4) is 0 Å². The number of alkyl halides is 3. The van der Waals surface area contributed by atoms with Crippen LogP contribution in [-0.2, 0) is 19.5 Å². The number of halogens is 11. The molecule has 0 heterocycles. The minimum Gasteiger partial charge on any atom is -0.418 e. The Morgan fingerprint density at radius 1 is 0.667 bits per heavy atom. The molecule has 0 aliphatic heterocycles. The van der Waals surface area contributed by atoms with E-state index in [9.17, 15) is 34.8 Å². The smallest absolute Gasteiger partial charge is 0.418 e. The van der Waals surface area contributed by atoms with Crippen molar-refractivity contribution in [1.29, 1.82) is 0 Å². The van der Waals surface area contributed by atoms with Crippen LogP contribution >= 0.6 is 42.7 Å². The summed E-state index contributed by atoms with van der Waals surface area (Å²) in [7, 11) is -2.32. The molecule has 3 aromatic rings. The van der Waals surface area contributed by atoms with Crippen molar-refractivity contribution < 1.29 is 54.3 Å². The van der Waals surface area contributed by atoms with Gasteiger partial charge in [-0.1, -0.05) is 95.5 Å². The molecule has 1 radical (unpaired) electrons. The van der Waals surface area contributed by atoms with Gasteiger partial charge in [0.2, 0.25) is 0 Å². The summed E-state index contributed by atoms with van der Waals surface area (Å²) in [5.74, 6) is -7.01. The van der Waals surface area contributed by atoms with Crippen LogP contribution < -0.4 is 10.6 Å². The number of rotatable bonds is 6. The Balaban J connectivity index is 0.000000352. The molecule has 0 saturated carbocycles. The normalized spacial score (nSPS) is 15.7. The molecule has 0 aromatic heterocycles. The van der Waals surface area contributed by atoms with Gasteiger partial charge in [0.05, 0.1) is 24.7 Å². The monoisotopic (exact) mass is 806 g/mol. The van der Waals surface area contributed by atoms with Crippen LogP contribution in [0.5, 0.6) is 0 Å². The first-order valence-electron chi connectivity index (χ1n) is 13.2. The second-order valence-electron chi connectivity index (χ2n) is 9.76. The number of benzene rings is 3. The summed E-state index contributed by atoms with van der Waals surface area (Å²) in [4.78, 5) is 2.27. The molecule has 247 valence electrons. The molecule has 0 saturated heterocycles. The van der Waals surface area contributed by atoms with Crippen molar-refractivity contribution in [1.82, 2.24) is 4.90 Å². The van der Waals surface area contributed by atoms with Crippen molar-refractivity contribution in [2.45, 2.75) is 22.6 Å². The van der Waals surface area contributed by atoms with Crippen LogP contribution in [0.25, 0.3) is 0 Å². The van der Waals surface area contributed by atoms with Crippen LogP contribution in [0.3, 0.4) is 0 Å². The van der Waals surface area contributed by atoms with Gasteiger partial charge in [0.1, 0.15) is 0 Å². The molecule has 1 nitrogen and oxygen atoms in total. The van der Waals surface area contributed by atoms with Crippen LogP contribution in [-0.4, -0.2) is 43.3 Å². The molecule has 0 unspecified atom stereocenters. The molecule has 15 heteroatoms. The molecule has 6 rings (SSSR count). The van der Waals surface area contributed by atoms with Gasteiger partial charge >= 0.3 is 26.7 Å². The third-order valence-electron chi connectivity index (χ3n) is 6.34. The number of allylic oxidation sites excluding steroid dienone is 4. The maximum absolute atomic E-state index is 13.5. The van der Waals surface area contributed by atoms with Crippen molar-refractivity contribution in [3.63, 3.8) is 0 Å². The topological polar surface area (TPSA) is 3.24 Å². The quantitative estimate of drug-likeness (QED) is 0.0457. The summed E-state index contributed by atoms with van der Waals surface area (Å²) in [5.41, 5.74) is -0.155. The molecule has 0 amide bonds. The van der Waals surface area contributed by atoms with E-state index in [1.165, 1.54) is 29.7 Å². The zero-order chi connectivity index (χ0) is 33.0. The van der Waals surface area contributed by atoms with E-state index < -0.39 is 54.6 Å². The minimum absolute atomic E-state index is 0. The van der Waals surface area contributed by atoms with Crippen molar-refractivity contribution in [3.05, 3.63) is 119 Å². The zero-order valence-corrected chi connectivity index (χ0v) is 28.9. The summed E-state index contributed by atoms with van der Waals surface area (Å²) in [6, 6.07) is 22.0. The molecule has 45 heavy (non-hydrogen) atoms. The second-order valence-corrected chi connectivity index (χ2v) is 14.4. The first-order valence-corrected chi connectivity index (χ1v) is 16.3. The summed E-state index contributed by atoms with van der Waals surface area (Å²) in [5, 5.41) is 3.05. The van der Waals surface area contributed by atoms with E-state index in [4.69, 9.17) is 34.8 Å².